The maximum absolute atomic E-state index is 11.9. The van der Waals surface area contributed by atoms with Gasteiger partial charge in [0.2, 0.25) is 11.8 Å². The Morgan fingerprint density at radius 1 is 1.10 bits per heavy atom. The van der Waals surface area contributed by atoms with E-state index in [0.29, 0.717) is 13.0 Å². The van der Waals surface area contributed by atoms with E-state index < -0.39 is 5.97 Å². The lowest BCUT2D eigenvalue weighted by atomic mass is 10.1. The van der Waals surface area contributed by atoms with E-state index in [1.165, 1.54) is 6.92 Å². The van der Waals surface area contributed by atoms with Crippen LogP contribution >= 0.6 is 0 Å². The van der Waals surface area contributed by atoms with Crippen LogP contribution in [0.25, 0.3) is 0 Å². The predicted octanol–water partition coefficient (Wildman–Crippen LogP) is -0.186. The smallest absolute Gasteiger partial charge is 0.305 e. The predicted molar refractivity (Wildman–Crippen MR) is 75.3 cm³/mol. The molecule has 0 aromatic heterocycles. The van der Waals surface area contributed by atoms with Crippen molar-refractivity contribution in [3.63, 3.8) is 0 Å². The molecule has 7 nitrogen and oxygen atoms in total. The number of nitrogens with one attached hydrogen (secondary N) is 2. The summed E-state index contributed by atoms with van der Waals surface area (Å²) in [5.74, 6) is -1.14. The zero-order chi connectivity index (χ0) is 15.5. The number of aliphatic carboxylic acids is 1. The van der Waals surface area contributed by atoms with E-state index in [2.05, 4.69) is 10.6 Å². The van der Waals surface area contributed by atoms with Crippen molar-refractivity contribution >= 4 is 17.8 Å². The number of likely N-dealkylation sites (N-methyl/N-ethyl adjacent to an activating group) is 1. The molecule has 1 unspecified atom stereocenters. The number of rotatable bonds is 10. The lowest BCUT2D eigenvalue weighted by Crippen LogP contribution is -2.44. The molecule has 0 saturated heterocycles. The molecular formula is C13H25N3O4. The first-order chi connectivity index (χ1) is 9.34. The molecule has 0 bridgehead atoms. The molecule has 0 aromatic carbocycles. The van der Waals surface area contributed by atoms with Gasteiger partial charge >= 0.3 is 5.97 Å². The topological polar surface area (TPSA) is 98.7 Å². The van der Waals surface area contributed by atoms with Crippen molar-refractivity contribution in [1.29, 1.82) is 0 Å². The summed E-state index contributed by atoms with van der Waals surface area (Å²) in [5, 5.41) is 13.9. The van der Waals surface area contributed by atoms with Crippen LogP contribution in [0.3, 0.4) is 0 Å². The van der Waals surface area contributed by atoms with Crippen molar-refractivity contribution in [3.8, 4) is 0 Å². The molecule has 0 radical (unpaired) electrons. The van der Waals surface area contributed by atoms with Crippen LogP contribution in [0.2, 0.25) is 0 Å². The third-order valence-corrected chi connectivity index (χ3v) is 2.84. The summed E-state index contributed by atoms with van der Waals surface area (Å²) in [6.07, 6.45) is 2.22. The lowest BCUT2D eigenvalue weighted by molar-refractivity contribution is -0.137. The van der Waals surface area contributed by atoms with Gasteiger partial charge < -0.3 is 15.7 Å². The molecule has 0 rings (SSSR count). The summed E-state index contributed by atoms with van der Waals surface area (Å²) >= 11 is 0. The van der Waals surface area contributed by atoms with Crippen LogP contribution < -0.4 is 10.6 Å². The van der Waals surface area contributed by atoms with Crippen LogP contribution in [-0.2, 0) is 14.4 Å². The van der Waals surface area contributed by atoms with Crippen LogP contribution in [-0.4, -0.2) is 61.0 Å². The van der Waals surface area contributed by atoms with Gasteiger partial charge in [0.25, 0.3) is 0 Å². The second-order valence-electron chi connectivity index (χ2n) is 4.89. The van der Waals surface area contributed by atoms with Gasteiger partial charge in [0.1, 0.15) is 0 Å². The fourth-order valence-corrected chi connectivity index (χ4v) is 1.76. The first-order valence-corrected chi connectivity index (χ1v) is 6.75. The van der Waals surface area contributed by atoms with E-state index in [9.17, 15) is 14.4 Å². The van der Waals surface area contributed by atoms with Crippen LogP contribution in [0.1, 0.15) is 32.6 Å². The molecule has 0 aliphatic rings. The van der Waals surface area contributed by atoms with Crippen molar-refractivity contribution in [2.75, 3.05) is 27.2 Å². The Morgan fingerprint density at radius 3 is 2.25 bits per heavy atom. The number of carboxylic acid groups (broad SMARTS) is 1. The van der Waals surface area contributed by atoms with Crippen molar-refractivity contribution in [2.24, 2.45) is 0 Å². The van der Waals surface area contributed by atoms with Crippen LogP contribution in [0.15, 0.2) is 0 Å². The van der Waals surface area contributed by atoms with Gasteiger partial charge in [-0.3, -0.25) is 19.3 Å². The molecule has 2 amide bonds. The second-order valence-corrected chi connectivity index (χ2v) is 4.89. The molecule has 1 atom stereocenters. The number of carbonyl (C=O) groups is 3. The van der Waals surface area contributed by atoms with Crippen LogP contribution in [0.4, 0.5) is 0 Å². The number of hydrogen-bond acceptors (Lipinski definition) is 4. The third kappa shape index (κ3) is 9.32. The van der Waals surface area contributed by atoms with E-state index in [0.717, 1.165) is 12.8 Å². The molecule has 3 N–H and O–H groups in total. The summed E-state index contributed by atoms with van der Waals surface area (Å²) in [5.41, 5.74) is 0. The Hall–Kier alpha value is -1.63. The van der Waals surface area contributed by atoms with Gasteiger partial charge in [0, 0.05) is 20.0 Å². The van der Waals surface area contributed by atoms with E-state index in [-0.39, 0.29) is 30.8 Å². The molecule has 0 saturated carbocycles. The molecule has 0 aliphatic heterocycles. The molecule has 0 aliphatic carbocycles. The highest BCUT2D eigenvalue weighted by Crippen LogP contribution is 2.06. The van der Waals surface area contributed by atoms with E-state index in [1.54, 1.807) is 0 Å². The first-order valence-electron chi connectivity index (χ1n) is 6.75. The quantitative estimate of drug-likeness (QED) is 0.294. The molecule has 0 aromatic rings. The van der Waals surface area contributed by atoms with E-state index in [1.807, 2.05) is 19.0 Å². The average molecular weight is 292 g/mol. The van der Waals surface area contributed by atoms with Gasteiger partial charge in [0.05, 0.1) is 12.5 Å². The molecule has 0 fully saturated rings. The normalized spacial score (nSPS) is 12.0. The highest BCUT2D eigenvalue weighted by Gasteiger charge is 2.19. The van der Waals surface area contributed by atoms with Crippen molar-refractivity contribution in [1.82, 2.24) is 15.5 Å². The Labute approximate surface area is 119 Å². The molecule has 0 heterocycles. The van der Waals surface area contributed by atoms with Gasteiger partial charge in [-0.25, -0.2) is 0 Å². The Kier molecular flexibility index (Phi) is 9.36. The average Bonchev–Trinajstić information content (AvgIpc) is 2.32. The van der Waals surface area contributed by atoms with Gasteiger partial charge in [-0.1, -0.05) is 0 Å². The van der Waals surface area contributed by atoms with Gasteiger partial charge in [-0.2, -0.15) is 0 Å². The number of hydrogen-bond donors (Lipinski definition) is 3. The molecule has 20 heavy (non-hydrogen) atoms. The molecular weight excluding hydrogens is 267 g/mol. The summed E-state index contributed by atoms with van der Waals surface area (Å²) in [7, 11) is 3.63. The third-order valence-electron chi connectivity index (χ3n) is 2.84. The standard InChI is InChI=1S/C13H25N3O4/c1-10(17)14-8-5-4-6-11(16(2)3)13(20)15-9-7-12(18)19/h11H,4-9H2,1-3H3,(H,14,17)(H,15,20)(H,18,19)/i1+1,8+1,9+1,10+1,16+1. The Balaban J connectivity index is 3.99. The summed E-state index contributed by atoms with van der Waals surface area (Å²) in [6.45, 7) is 2.22. The second kappa shape index (κ2) is 10.2. The fourth-order valence-electron chi connectivity index (χ4n) is 1.76. The highest BCUT2D eigenvalue weighted by molar-refractivity contribution is 5.82. The van der Waals surface area contributed by atoms with Gasteiger partial charge in [0.15, 0.2) is 0 Å². The number of amides is 2. The van der Waals surface area contributed by atoms with Gasteiger partial charge in [-0.05, 0) is 33.4 Å². The number of unbranched alkanes of at least 4 members (excludes halogenated alkanes) is 1. The Morgan fingerprint density at radius 2 is 1.75 bits per heavy atom. The SMILES string of the molecule is C[15N](C)C(CCC[13CH2]N[13C]([13CH3])=O)C(=O)N[13CH2]CC(=O)O. The monoisotopic (exact) mass is 292 g/mol. The largest absolute Gasteiger partial charge is 0.481 e. The molecule has 0 spiro atoms. The molecule has 116 valence electrons. The minimum Gasteiger partial charge on any atom is -0.481 e. The zero-order valence-corrected chi connectivity index (χ0v) is 12.4. The zero-order valence-electron chi connectivity index (χ0n) is 12.4. The van der Waals surface area contributed by atoms with Crippen molar-refractivity contribution in [2.45, 2.75) is 38.6 Å². The maximum atomic E-state index is 11.9. The first kappa shape index (κ1) is 18.4. The van der Waals surface area contributed by atoms with Crippen LogP contribution in [0.5, 0.6) is 0 Å². The number of carboxylic acids is 1. The van der Waals surface area contributed by atoms with Crippen molar-refractivity contribution in [3.05, 3.63) is 0 Å². The highest BCUT2D eigenvalue weighted by atomic mass is 16.4. The van der Waals surface area contributed by atoms with Crippen molar-refractivity contribution < 1.29 is 19.5 Å². The molecule has 7 heteroatoms. The minimum absolute atomic E-state index is 0.0550. The van der Waals surface area contributed by atoms with E-state index in [4.69, 9.17) is 5.11 Å². The number of carbonyl (C=O) groups excluding carboxylic acids is 2. The fraction of sp³-hybridized carbons (Fsp3) is 0.769. The maximum Gasteiger partial charge on any atom is 0.305 e. The number of nitrogens with zero attached hydrogens (tertiary/aromatic N) is 1. The minimum atomic E-state index is -0.929. The summed E-state index contributed by atoms with van der Waals surface area (Å²) < 4.78 is 0. The Bertz CT molecular complexity index is 332. The lowest BCUT2D eigenvalue weighted by Gasteiger charge is -2.23. The summed E-state index contributed by atoms with van der Waals surface area (Å²) in [4.78, 5) is 34.8. The van der Waals surface area contributed by atoms with Crippen LogP contribution in [0, 0.1) is 0 Å². The van der Waals surface area contributed by atoms with Gasteiger partial charge in [-0.15, -0.1) is 0 Å². The summed E-state index contributed by atoms with van der Waals surface area (Å²) in [6, 6.07) is -0.277. The van der Waals surface area contributed by atoms with E-state index >= 15 is 0 Å².